The summed E-state index contributed by atoms with van der Waals surface area (Å²) in [6, 6.07) is 0. The van der Waals surface area contributed by atoms with Crippen LogP contribution in [0.5, 0.6) is 0 Å². The molecule has 0 aliphatic rings. The Bertz CT molecular complexity index is 199. The molecule has 0 N–H and O–H groups in total. The fourth-order valence-corrected chi connectivity index (χ4v) is 0.558. The molecular weight excluding hydrogens is 211 g/mol. The molecular formula is C7H9F5O2. The van der Waals surface area contributed by atoms with E-state index >= 15 is 0 Å². The third-order valence-electron chi connectivity index (χ3n) is 1.29. The molecule has 0 saturated heterocycles. The number of Topliss-reactive ketones (excluding diaryl/α,β-unsaturated/α-hetero) is 1. The lowest BCUT2D eigenvalue weighted by Crippen LogP contribution is -2.45. The first kappa shape index (κ1) is 13.3. The zero-order valence-corrected chi connectivity index (χ0v) is 7.33. The fourth-order valence-electron chi connectivity index (χ4n) is 0.558. The Morgan fingerprint density at radius 2 is 1.71 bits per heavy atom. The Morgan fingerprint density at radius 3 is 2.07 bits per heavy atom. The van der Waals surface area contributed by atoms with Crippen LogP contribution in [0.15, 0.2) is 0 Å². The van der Waals surface area contributed by atoms with E-state index in [-0.39, 0.29) is 6.61 Å². The number of hydrogen-bond acceptors (Lipinski definition) is 2. The van der Waals surface area contributed by atoms with Crippen molar-refractivity contribution in [2.45, 2.75) is 25.4 Å². The van der Waals surface area contributed by atoms with Crippen molar-refractivity contribution in [2.24, 2.45) is 0 Å². The van der Waals surface area contributed by atoms with Gasteiger partial charge in [-0.1, -0.05) is 6.92 Å². The van der Waals surface area contributed by atoms with Crippen LogP contribution in [0, 0.1) is 0 Å². The van der Waals surface area contributed by atoms with Gasteiger partial charge in [0.05, 0.1) is 0 Å². The number of carbonyl (C=O) groups excluding carboxylic acids is 1. The Balaban J connectivity index is 4.23. The topological polar surface area (TPSA) is 26.3 Å². The van der Waals surface area contributed by atoms with Crippen molar-refractivity contribution in [3.05, 3.63) is 0 Å². The molecule has 0 aliphatic heterocycles. The van der Waals surface area contributed by atoms with Crippen LogP contribution >= 0.6 is 0 Å². The third kappa shape index (κ3) is 3.21. The Hall–Kier alpha value is -0.720. The summed E-state index contributed by atoms with van der Waals surface area (Å²) in [5, 5.41) is 0. The van der Waals surface area contributed by atoms with Crippen LogP contribution in [0.3, 0.4) is 0 Å². The van der Waals surface area contributed by atoms with Crippen LogP contribution in [0.25, 0.3) is 0 Å². The Labute approximate surface area is 77.0 Å². The van der Waals surface area contributed by atoms with Gasteiger partial charge in [-0.2, -0.15) is 22.0 Å². The van der Waals surface area contributed by atoms with Crippen LogP contribution in [0.4, 0.5) is 22.0 Å². The Kier molecular flexibility index (Phi) is 4.44. The van der Waals surface area contributed by atoms with E-state index in [1.165, 1.54) is 0 Å². The van der Waals surface area contributed by atoms with Crippen molar-refractivity contribution >= 4 is 5.78 Å². The van der Waals surface area contributed by atoms with Gasteiger partial charge in [-0.05, 0) is 6.42 Å². The summed E-state index contributed by atoms with van der Waals surface area (Å²) in [6.07, 6.45) is -5.41. The summed E-state index contributed by atoms with van der Waals surface area (Å²) in [6.45, 7) is 0.381. The SMILES string of the molecule is CCCOCC(=O)C(F)(F)C(F)(F)F. The molecule has 7 heteroatoms. The first-order valence-corrected chi connectivity index (χ1v) is 3.79. The highest BCUT2D eigenvalue weighted by Gasteiger charge is 2.62. The Morgan fingerprint density at radius 1 is 1.21 bits per heavy atom. The van der Waals surface area contributed by atoms with Crippen LogP contribution in [0.1, 0.15) is 13.3 Å². The van der Waals surface area contributed by atoms with Gasteiger partial charge in [0, 0.05) is 6.61 Å². The van der Waals surface area contributed by atoms with Gasteiger partial charge in [0.15, 0.2) is 0 Å². The van der Waals surface area contributed by atoms with Crippen molar-refractivity contribution in [2.75, 3.05) is 13.2 Å². The predicted octanol–water partition coefficient (Wildman–Crippen LogP) is 2.18. The molecule has 0 amide bonds. The monoisotopic (exact) mass is 220 g/mol. The predicted molar refractivity (Wildman–Crippen MR) is 37.1 cm³/mol. The number of ketones is 1. The highest BCUT2D eigenvalue weighted by atomic mass is 19.4. The number of carbonyl (C=O) groups is 1. The molecule has 0 radical (unpaired) electrons. The van der Waals surface area contributed by atoms with Gasteiger partial charge in [-0.15, -0.1) is 0 Å². The number of halogens is 5. The minimum Gasteiger partial charge on any atom is -0.373 e. The van der Waals surface area contributed by atoms with E-state index in [9.17, 15) is 26.7 Å². The molecule has 2 nitrogen and oxygen atoms in total. The standard InChI is InChI=1S/C7H9F5O2/c1-2-3-14-4-5(13)6(8,9)7(10,11)12/h2-4H2,1H3. The zero-order chi connectivity index (χ0) is 11.4. The molecule has 0 unspecified atom stereocenters. The zero-order valence-electron chi connectivity index (χ0n) is 7.33. The third-order valence-corrected chi connectivity index (χ3v) is 1.29. The van der Waals surface area contributed by atoms with Crippen molar-refractivity contribution in [3.63, 3.8) is 0 Å². The van der Waals surface area contributed by atoms with Gasteiger partial charge in [0.2, 0.25) is 5.78 Å². The van der Waals surface area contributed by atoms with Gasteiger partial charge in [-0.25, -0.2) is 0 Å². The summed E-state index contributed by atoms with van der Waals surface area (Å²) in [5.41, 5.74) is 0. The van der Waals surface area contributed by atoms with E-state index in [0.717, 1.165) is 0 Å². The molecule has 0 atom stereocenters. The minimum absolute atomic E-state index is 0.0281. The average Bonchev–Trinajstić information content (AvgIpc) is 2.02. The molecule has 0 saturated carbocycles. The van der Waals surface area contributed by atoms with E-state index in [0.29, 0.717) is 6.42 Å². The van der Waals surface area contributed by atoms with E-state index in [1.807, 2.05) is 0 Å². The molecule has 0 aromatic rings. The van der Waals surface area contributed by atoms with Crippen LogP contribution in [-0.4, -0.2) is 31.1 Å². The largest absolute Gasteiger partial charge is 0.461 e. The number of alkyl halides is 5. The molecule has 0 bridgehead atoms. The summed E-state index contributed by atoms with van der Waals surface area (Å²) in [5.74, 6) is -7.58. The van der Waals surface area contributed by atoms with Crippen LogP contribution < -0.4 is 0 Å². The average molecular weight is 220 g/mol. The van der Waals surface area contributed by atoms with Gasteiger partial charge < -0.3 is 4.74 Å². The van der Waals surface area contributed by atoms with Gasteiger partial charge in [0.25, 0.3) is 0 Å². The molecule has 0 fully saturated rings. The first-order chi connectivity index (χ1) is 6.23. The molecule has 84 valence electrons. The number of rotatable bonds is 5. The molecule has 0 heterocycles. The lowest BCUT2D eigenvalue weighted by Gasteiger charge is -2.17. The van der Waals surface area contributed by atoms with Crippen molar-refractivity contribution < 1.29 is 31.5 Å². The minimum atomic E-state index is -5.85. The lowest BCUT2D eigenvalue weighted by molar-refractivity contribution is -0.270. The summed E-state index contributed by atoms with van der Waals surface area (Å²) >= 11 is 0. The second-order valence-electron chi connectivity index (χ2n) is 2.55. The van der Waals surface area contributed by atoms with E-state index < -0.39 is 24.5 Å². The van der Waals surface area contributed by atoms with Crippen molar-refractivity contribution in [3.8, 4) is 0 Å². The van der Waals surface area contributed by atoms with Gasteiger partial charge in [0.1, 0.15) is 6.61 Å². The van der Waals surface area contributed by atoms with Crippen molar-refractivity contribution in [1.82, 2.24) is 0 Å². The highest BCUT2D eigenvalue weighted by Crippen LogP contribution is 2.35. The van der Waals surface area contributed by atoms with Crippen LogP contribution in [-0.2, 0) is 9.53 Å². The molecule has 0 aliphatic carbocycles. The van der Waals surface area contributed by atoms with Crippen LogP contribution in [0.2, 0.25) is 0 Å². The maximum atomic E-state index is 12.2. The number of hydrogen-bond donors (Lipinski definition) is 0. The molecule has 0 aromatic carbocycles. The van der Waals surface area contributed by atoms with Gasteiger partial charge >= 0.3 is 12.1 Å². The fraction of sp³-hybridized carbons (Fsp3) is 0.857. The molecule has 0 aromatic heterocycles. The van der Waals surface area contributed by atoms with E-state index in [4.69, 9.17) is 0 Å². The smallest absolute Gasteiger partial charge is 0.373 e. The van der Waals surface area contributed by atoms with E-state index in [1.54, 1.807) is 6.92 Å². The molecule has 0 spiro atoms. The summed E-state index contributed by atoms with van der Waals surface area (Å²) < 4.78 is 63.4. The lowest BCUT2D eigenvalue weighted by atomic mass is 10.2. The molecule has 0 rings (SSSR count). The highest BCUT2D eigenvalue weighted by molar-refractivity contribution is 5.87. The quantitative estimate of drug-likeness (QED) is 0.524. The maximum Gasteiger partial charge on any atom is 0.461 e. The number of ether oxygens (including phenoxy) is 1. The first-order valence-electron chi connectivity index (χ1n) is 3.79. The molecule has 14 heavy (non-hydrogen) atoms. The summed E-state index contributed by atoms with van der Waals surface area (Å²) in [7, 11) is 0. The second-order valence-corrected chi connectivity index (χ2v) is 2.55. The maximum absolute atomic E-state index is 12.2. The summed E-state index contributed by atoms with van der Waals surface area (Å²) in [4.78, 5) is 10.4. The normalized spacial score (nSPS) is 13.0. The van der Waals surface area contributed by atoms with Gasteiger partial charge in [-0.3, -0.25) is 4.79 Å². The second kappa shape index (κ2) is 4.68. The van der Waals surface area contributed by atoms with E-state index in [2.05, 4.69) is 4.74 Å². The van der Waals surface area contributed by atoms with Crippen molar-refractivity contribution in [1.29, 1.82) is 0 Å².